The van der Waals surface area contributed by atoms with E-state index >= 15 is 0 Å². The fraction of sp³-hybridized carbons (Fsp3) is 0.667. The van der Waals surface area contributed by atoms with Gasteiger partial charge in [-0.1, -0.05) is 0 Å². The van der Waals surface area contributed by atoms with Gasteiger partial charge in [-0.3, -0.25) is 4.21 Å². The van der Waals surface area contributed by atoms with Crippen LogP contribution < -0.4 is 10.2 Å². The first kappa shape index (κ1) is 11.0. The summed E-state index contributed by atoms with van der Waals surface area (Å²) in [5, 5.41) is 6.23. The first-order valence-corrected chi connectivity index (χ1v) is 7.35. The third-order valence-corrected chi connectivity index (χ3v) is 4.57. The summed E-state index contributed by atoms with van der Waals surface area (Å²) in [7, 11) is 1.31. The molecule has 2 rings (SSSR count). The van der Waals surface area contributed by atoms with Gasteiger partial charge in [-0.05, 0) is 7.05 Å². The molecule has 1 fully saturated rings. The maximum Gasteiger partial charge on any atom is 0.185 e. The minimum absolute atomic E-state index is 0.608. The van der Waals surface area contributed by atoms with Crippen LogP contribution in [0.5, 0.6) is 0 Å². The van der Waals surface area contributed by atoms with Crippen molar-refractivity contribution >= 4 is 27.3 Å². The molecule has 1 aromatic rings. The van der Waals surface area contributed by atoms with Crippen LogP contribution in [0, 0.1) is 0 Å². The number of anilines is 1. The van der Waals surface area contributed by atoms with Crippen LogP contribution in [0.3, 0.4) is 0 Å². The van der Waals surface area contributed by atoms with E-state index in [0.717, 1.165) is 42.0 Å². The Kier molecular flexibility index (Phi) is 3.71. The molecule has 0 aromatic carbocycles. The first-order valence-electron chi connectivity index (χ1n) is 4.98. The van der Waals surface area contributed by atoms with Gasteiger partial charge >= 0.3 is 0 Å². The van der Waals surface area contributed by atoms with Crippen LogP contribution in [0.1, 0.15) is 5.69 Å². The maximum absolute atomic E-state index is 11.2. The Hall–Kier alpha value is -0.460. The van der Waals surface area contributed by atoms with Crippen molar-refractivity contribution in [2.24, 2.45) is 0 Å². The Morgan fingerprint density at radius 1 is 1.60 bits per heavy atom. The van der Waals surface area contributed by atoms with Crippen LogP contribution in [0.2, 0.25) is 0 Å². The van der Waals surface area contributed by atoms with E-state index < -0.39 is 10.8 Å². The smallest absolute Gasteiger partial charge is 0.185 e. The molecule has 0 saturated carbocycles. The average molecular weight is 245 g/mol. The van der Waals surface area contributed by atoms with Gasteiger partial charge in [0.1, 0.15) is 0 Å². The van der Waals surface area contributed by atoms with Gasteiger partial charge in [-0.2, -0.15) is 0 Å². The van der Waals surface area contributed by atoms with E-state index in [9.17, 15) is 4.21 Å². The molecule has 1 saturated heterocycles. The van der Waals surface area contributed by atoms with E-state index in [2.05, 4.69) is 20.6 Å². The number of nitrogens with zero attached hydrogens (tertiary/aromatic N) is 2. The van der Waals surface area contributed by atoms with E-state index in [1.165, 1.54) is 0 Å². The van der Waals surface area contributed by atoms with Crippen LogP contribution >= 0.6 is 11.3 Å². The van der Waals surface area contributed by atoms with Crippen molar-refractivity contribution in [3.8, 4) is 0 Å². The largest absolute Gasteiger partial charge is 0.346 e. The van der Waals surface area contributed by atoms with Crippen LogP contribution in [-0.2, 0) is 17.3 Å². The third-order valence-electron chi connectivity index (χ3n) is 2.35. The van der Waals surface area contributed by atoms with Crippen molar-refractivity contribution in [3.05, 3.63) is 11.1 Å². The molecule has 1 aliphatic rings. The third kappa shape index (κ3) is 2.76. The Morgan fingerprint density at radius 3 is 3.00 bits per heavy atom. The fourth-order valence-corrected chi connectivity index (χ4v) is 3.46. The first-order chi connectivity index (χ1) is 7.29. The molecule has 0 amide bonds. The molecule has 15 heavy (non-hydrogen) atoms. The topological polar surface area (TPSA) is 45.2 Å². The molecule has 0 aliphatic carbocycles. The zero-order valence-corrected chi connectivity index (χ0v) is 10.4. The highest BCUT2D eigenvalue weighted by Crippen LogP contribution is 2.21. The minimum atomic E-state index is -0.608. The summed E-state index contributed by atoms with van der Waals surface area (Å²) in [6.07, 6.45) is 0. The van der Waals surface area contributed by atoms with Crippen molar-refractivity contribution in [2.45, 2.75) is 6.54 Å². The van der Waals surface area contributed by atoms with E-state index in [1.54, 1.807) is 11.3 Å². The van der Waals surface area contributed by atoms with Crippen LogP contribution in [0.25, 0.3) is 0 Å². The highest BCUT2D eigenvalue weighted by molar-refractivity contribution is 7.85. The second kappa shape index (κ2) is 5.05. The molecule has 84 valence electrons. The number of thiazole rings is 1. The Balaban J connectivity index is 1.99. The monoisotopic (exact) mass is 245 g/mol. The van der Waals surface area contributed by atoms with E-state index in [-0.39, 0.29) is 0 Å². The van der Waals surface area contributed by atoms with Gasteiger partial charge in [-0.25, -0.2) is 4.98 Å². The van der Waals surface area contributed by atoms with Gasteiger partial charge in [0.05, 0.1) is 5.69 Å². The predicted molar refractivity (Wildman–Crippen MR) is 65.0 cm³/mol. The molecular formula is C9H15N3OS2. The number of hydrogen-bond acceptors (Lipinski definition) is 5. The van der Waals surface area contributed by atoms with Crippen LogP contribution in [0.15, 0.2) is 5.38 Å². The molecule has 2 heterocycles. The maximum atomic E-state index is 11.2. The number of nitrogens with one attached hydrogen (secondary N) is 1. The molecular weight excluding hydrogens is 230 g/mol. The number of hydrogen-bond donors (Lipinski definition) is 1. The summed E-state index contributed by atoms with van der Waals surface area (Å²) >= 11 is 1.67. The average Bonchev–Trinajstić information content (AvgIpc) is 2.68. The summed E-state index contributed by atoms with van der Waals surface area (Å²) in [6, 6.07) is 0. The summed E-state index contributed by atoms with van der Waals surface area (Å²) < 4.78 is 11.2. The van der Waals surface area contributed by atoms with E-state index in [4.69, 9.17) is 0 Å². The highest BCUT2D eigenvalue weighted by Gasteiger charge is 2.17. The molecule has 0 bridgehead atoms. The SMILES string of the molecule is CNCc1csc(N2CCS(=O)CC2)n1. The zero-order valence-electron chi connectivity index (χ0n) is 8.73. The minimum Gasteiger partial charge on any atom is -0.346 e. The number of rotatable bonds is 3. The zero-order chi connectivity index (χ0) is 10.7. The van der Waals surface area contributed by atoms with Crippen molar-refractivity contribution < 1.29 is 4.21 Å². The van der Waals surface area contributed by atoms with Crippen molar-refractivity contribution in [3.63, 3.8) is 0 Å². The lowest BCUT2D eigenvalue weighted by atomic mass is 10.5. The lowest BCUT2D eigenvalue weighted by Gasteiger charge is -2.25. The Morgan fingerprint density at radius 2 is 2.33 bits per heavy atom. The molecule has 1 N–H and O–H groups in total. The van der Waals surface area contributed by atoms with Crippen molar-refractivity contribution in [1.82, 2.24) is 10.3 Å². The number of aromatic nitrogens is 1. The van der Waals surface area contributed by atoms with Crippen molar-refractivity contribution in [2.75, 3.05) is 36.5 Å². The highest BCUT2D eigenvalue weighted by atomic mass is 32.2. The lowest BCUT2D eigenvalue weighted by molar-refractivity contribution is 0.673. The van der Waals surface area contributed by atoms with Crippen LogP contribution in [0.4, 0.5) is 5.13 Å². The predicted octanol–water partition coefficient (Wildman–Crippen LogP) is 0.431. The van der Waals surface area contributed by atoms with E-state index in [1.807, 2.05) is 7.05 Å². The lowest BCUT2D eigenvalue weighted by Crippen LogP contribution is -2.37. The molecule has 0 radical (unpaired) electrons. The normalized spacial score (nSPS) is 18.3. The molecule has 4 nitrogen and oxygen atoms in total. The molecule has 0 atom stereocenters. The Labute approximate surface area is 96.2 Å². The summed E-state index contributed by atoms with van der Waals surface area (Å²) in [4.78, 5) is 6.76. The van der Waals surface area contributed by atoms with Gasteiger partial charge in [0, 0.05) is 47.3 Å². The van der Waals surface area contributed by atoms with Crippen LogP contribution in [-0.4, -0.2) is 40.8 Å². The molecule has 0 unspecified atom stereocenters. The molecule has 0 spiro atoms. The van der Waals surface area contributed by atoms with Gasteiger partial charge in [0.25, 0.3) is 0 Å². The molecule has 1 aromatic heterocycles. The fourth-order valence-electron chi connectivity index (χ4n) is 1.53. The summed E-state index contributed by atoms with van der Waals surface area (Å²) in [5.41, 5.74) is 1.09. The van der Waals surface area contributed by atoms with Gasteiger partial charge in [0.2, 0.25) is 0 Å². The quantitative estimate of drug-likeness (QED) is 0.839. The van der Waals surface area contributed by atoms with E-state index in [0.29, 0.717) is 0 Å². The molecule has 6 heteroatoms. The summed E-state index contributed by atoms with van der Waals surface area (Å²) in [6.45, 7) is 2.56. The van der Waals surface area contributed by atoms with Gasteiger partial charge < -0.3 is 10.2 Å². The summed E-state index contributed by atoms with van der Waals surface area (Å²) in [5.74, 6) is 1.56. The standard InChI is InChI=1S/C9H15N3OS2/c1-10-6-8-7-14-9(11-8)12-2-4-15(13)5-3-12/h7,10H,2-6H2,1H3. The molecule has 1 aliphatic heterocycles. The van der Waals surface area contributed by atoms with Gasteiger partial charge in [0.15, 0.2) is 5.13 Å². The second-order valence-corrected chi connectivity index (χ2v) is 6.02. The Bertz CT molecular complexity index is 343. The second-order valence-electron chi connectivity index (χ2n) is 3.49. The van der Waals surface area contributed by atoms with Crippen molar-refractivity contribution in [1.29, 1.82) is 0 Å². The van der Waals surface area contributed by atoms with Gasteiger partial charge in [-0.15, -0.1) is 11.3 Å².